The van der Waals surface area contributed by atoms with Crippen molar-refractivity contribution in [2.45, 2.75) is 30.1 Å². The van der Waals surface area contributed by atoms with Gasteiger partial charge in [0.05, 0.1) is 19.0 Å². The molecule has 0 aliphatic heterocycles. The van der Waals surface area contributed by atoms with Gasteiger partial charge in [0.15, 0.2) is 6.04 Å². The van der Waals surface area contributed by atoms with Crippen LogP contribution in [0.2, 0.25) is 0 Å². The summed E-state index contributed by atoms with van der Waals surface area (Å²) in [6, 6.07) is 23.2. The Bertz CT molecular complexity index is 1140. The van der Waals surface area contributed by atoms with E-state index in [-0.39, 0.29) is 0 Å². The van der Waals surface area contributed by atoms with Crippen LogP contribution in [-0.4, -0.2) is 55.9 Å². The van der Waals surface area contributed by atoms with Gasteiger partial charge in [0.2, 0.25) is 5.91 Å². The molecule has 0 radical (unpaired) electrons. The third-order valence-corrected chi connectivity index (χ3v) is 6.84. The highest BCUT2D eigenvalue weighted by Gasteiger charge is 2.30. The molecule has 0 heterocycles. The third-order valence-electron chi connectivity index (χ3n) is 6.10. The van der Waals surface area contributed by atoms with Crippen molar-refractivity contribution < 1.29 is 23.9 Å². The van der Waals surface area contributed by atoms with E-state index < -0.39 is 28.6 Å². The first kappa shape index (κ1) is 29.7. The lowest BCUT2D eigenvalue weighted by molar-refractivity contribution is -0.136. The summed E-state index contributed by atoms with van der Waals surface area (Å²) < 4.78 is 10.3. The molecule has 1 atom stereocenters. The first-order valence-corrected chi connectivity index (χ1v) is 13.6. The molecular formula is C30H34BrN3O5. The van der Waals surface area contributed by atoms with Gasteiger partial charge in [-0.25, -0.2) is 0 Å². The molecule has 9 heteroatoms. The summed E-state index contributed by atoms with van der Waals surface area (Å²) in [6.07, 6.45) is 1.53. The van der Waals surface area contributed by atoms with Gasteiger partial charge >= 0.3 is 0 Å². The van der Waals surface area contributed by atoms with Gasteiger partial charge in [-0.3, -0.25) is 14.4 Å². The standard InChI is InChI=1S/C30H34BrN3O5/c1-38-24-12-8-21(9-13-24)16-18-32-29(36)27(34-28(35)26(31)20-23-6-4-3-5-7-23)30(37)33-19-17-22-10-14-25(39-2)15-11-22/h3-15,26-27H,16-20H2,1-2H3,(H,32,36)(H,33,37)(H,34,35). The molecule has 39 heavy (non-hydrogen) atoms. The smallest absolute Gasteiger partial charge is 0.252 e. The highest BCUT2D eigenvalue weighted by molar-refractivity contribution is 9.10. The monoisotopic (exact) mass is 595 g/mol. The number of carbonyl (C=O) groups excluding carboxylic acids is 3. The molecule has 0 aliphatic carbocycles. The van der Waals surface area contributed by atoms with Crippen LogP contribution in [0.4, 0.5) is 0 Å². The number of nitrogens with one attached hydrogen (secondary N) is 3. The number of hydrogen-bond acceptors (Lipinski definition) is 5. The molecule has 0 saturated heterocycles. The molecule has 0 fully saturated rings. The second-order valence-electron chi connectivity index (χ2n) is 8.88. The maximum Gasteiger partial charge on any atom is 0.252 e. The van der Waals surface area contributed by atoms with Crippen molar-refractivity contribution in [3.05, 3.63) is 95.6 Å². The van der Waals surface area contributed by atoms with Crippen molar-refractivity contribution in [2.24, 2.45) is 0 Å². The van der Waals surface area contributed by atoms with E-state index in [1.165, 1.54) is 0 Å². The van der Waals surface area contributed by atoms with E-state index in [1.807, 2.05) is 78.9 Å². The summed E-state index contributed by atoms with van der Waals surface area (Å²) in [5.41, 5.74) is 2.96. The minimum absolute atomic E-state index is 0.304. The lowest BCUT2D eigenvalue weighted by Gasteiger charge is -2.20. The molecule has 3 N–H and O–H groups in total. The van der Waals surface area contributed by atoms with Crippen LogP contribution in [0, 0.1) is 0 Å². The van der Waals surface area contributed by atoms with Crippen LogP contribution >= 0.6 is 15.9 Å². The van der Waals surface area contributed by atoms with Gasteiger partial charge < -0.3 is 25.4 Å². The minimum Gasteiger partial charge on any atom is -0.497 e. The maximum atomic E-state index is 13.1. The van der Waals surface area contributed by atoms with Crippen LogP contribution in [0.5, 0.6) is 11.5 Å². The second-order valence-corrected chi connectivity index (χ2v) is 9.98. The Morgan fingerprint density at radius 1 is 0.667 bits per heavy atom. The molecule has 206 valence electrons. The fourth-order valence-corrected chi connectivity index (χ4v) is 4.35. The molecule has 3 aromatic carbocycles. The Balaban J connectivity index is 1.59. The van der Waals surface area contributed by atoms with Gasteiger partial charge in [-0.2, -0.15) is 0 Å². The maximum absolute atomic E-state index is 13.1. The Morgan fingerprint density at radius 3 is 1.56 bits per heavy atom. The highest BCUT2D eigenvalue weighted by Crippen LogP contribution is 2.13. The molecule has 0 spiro atoms. The fourth-order valence-electron chi connectivity index (χ4n) is 3.85. The van der Waals surface area contributed by atoms with Crippen molar-refractivity contribution in [3.8, 4) is 11.5 Å². The zero-order valence-electron chi connectivity index (χ0n) is 22.1. The first-order valence-electron chi connectivity index (χ1n) is 12.7. The number of hydrogen-bond donors (Lipinski definition) is 3. The topological polar surface area (TPSA) is 106 Å². The first-order chi connectivity index (χ1) is 18.9. The predicted octanol–water partition coefficient (Wildman–Crippen LogP) is 3.21. The highest BCUT2D eigenvalue weighted by atomic mass is 79.9. The van der Waals surface area contributed by atoms with Crippen LogP contribution < -0.4 is 25.4 Å². The third kappa shape index (κ3) is 9.76. The average molecular weight is 597 g/mol. The van der Waals surface area contributed by atoms with Crippen LogP contribution in [-0.2, 0) is 33.6 Å². The molecule has 1 unspecified atom stereocenters. The Hall–Kier alpha value is -3.85. The van der Waals surface area contributed by atoms with E-state index in [1.54, 1.807) is 14.2 Å². The predicted molar refractivity (Wildman–Crippen MR) is 154 cm³/mol. The van der Waals surface area contributed by atoms with Crippen LogP contribution in [0.1, 0.15) is 16.7 Å². The molecule has 0 saturated carbocycles. The van der Waals surface area contributed by atoms with Gasteiger partial charge in [-0.15, -0.1) is 0 Å². The zero-order valence-corrected chi connectivity index (χ0v) is 23.7. The van der Waals surface area contributed by atoms with E-state index in [4.69, 9.17) is 9.47 Å². The molecule has 0 bridgehead atoms. The Labute approximate surface area is 237 Å². The summed E-state index contributed by atoms with van der Waals surface area (Å²) in [5, 5.41) is 8.18. The number of amides is 3. The van der Waals surface area contributed by atoms with Crippen molar-refractivity contribution in [3.63, 3.8) is 0 Å². The van der Waals surface area contributed by atoms with Gasteiger partial charge in [-0.05, 0) is 60.2 Å². The molecule has 3 rings (SSSR count). The fraction of sp³-hybridized carbons (Fsp3) is 0.300. The minimum atomic E-state index is -1.37. The number of methoxy groups -OCH3 is 2. The number of halogens is 1. The molecule has 0 aliphatic rings. The molecule has 3 amide bonds. The number of benzene rings is 3. The van der Waals surface area contributed by atoms with Gasteiger partial charge in [0, 0.05) is 13.1 Å². The van der Waals surface area contributed by atoms with E-state index in [2.05, 4.69) is 31.9 Å². The van der Waals surface area contributed by atoms with Gasteiger partial charge in [0.1, 0.15) is 11.5 Å². The molecule has 0 aromatic heterocycles. The lowest BCUT2D eigenvalue weighted by Crippen LogP contribution is -2.57. The quantitative estimate of drug-likeness (QED) is 0.196. The Morgan fingerprint density at radius 2 is 1.13 bits per heavy atom. The zero-order chi connectivity index (χ0) is 28.0. The lowest BCUT2D eigenvalue weighted by atomic mass is 10.1. The van der Waals surface area contributed by atoms with Crippen LogP contribution in [0.15, 0.2) is 78.9 Å². The van der Waals surface area contributed by atoms with E-state index in [0.29, 0.717) is 32.4 Å². The molecule has 3 aromatic rings. The number of alkyl halides is 1. The van der Waals surface area contributed by atoms with E-state index >= 15 is 0 Å². The van der Waals surface area contributed by atoms with Gasteiger partial charge in [0.25, 0.3) is 11.8 Å². The average Bonchev–Trinajstić information content (AvgIpc) is 2.96. The van der Waals surface area contributed by atoms with Crippen LogP contribution in [0.3, 0.4) is 0 Å². The van der Waals surface area contributed by atoms with E-state index in [0.717, 1.165) is 28.2 Å². The summed E-state index contributed by atoms with van der Waals surface area (Å²) in [7, 11) is 3.20. The number of ether oxygens (including phenoxy) is 2. The van der Waals surface area contributed by atoms with Crippen molar-refractivity contribution in [2.75, 3.05) is 27.3 Å². The molecule has 8 nitrogen and oxygen atoms in total. The normalized spacial score (nSPS) is 11.4. The van der Waals surface area contributed by atoms with E-state index in [9.17, 15) is 14.4 Å². The van der Waals surface area contributed by atoms with Crippen molar-refractivity contribution in [1.29, 1.82) is 0 Å². The molecular weight excluding hydrogens is 562 g/mol. The summed E-state index contributed by atoms with van der Waals surface area (Å²) in [6.45, 7) is 0.608. The number of rotatable bonds is 14. The second kappa shape index (κ2) is 15.5. The van der Waals surface area contributed by atoms with Crippen LogP contribution in [0.25, 0.3) is 0 Å². The largest absolute Gasteiger partial charge is 0.497 e. The number of carbonyl (C=O) groups is 3. The Kier molecular flexibility index (Phi) is 11.8. The SMILES string of the molecule is COc1ccc(CCNC(=O)C(NC(=O)C(Br)Cc2ccccc2)C(=O)NCCc2ccc(OC)cc2)cc1. The van der Waals surface area contributed by atoms with Crippen molar-refractivity contribution in [1.82, 2.24) is 16.0 Å². The summed E-state index contributed by atoms with van der Waals surface area (Å²) in [5.74, 6) is -0.0932. The van der Waals surface area contributed by atoms with Gasteiger partial charge in [-0.1, -0.05) is 70.5 Å². The summed E-state index contributed by atoms with van der Waals surface area (Å²) in [4.78, 5) is 38.4. The summed E-state index contributed by atoms with van der Waals surface area (Å²) >= 11 is 3.40. The van der Waals surface area contributed by atoms with Crippen molar-refractivity contribution >= 4 is 33.7 Å².